The van der Waals surface area contributed by atoms with Crippen LogP contribution in [0.25, 0.3) is 0 Å². The number of halogens is 1. The van der Waals surface area contributed by atoms with Gasteiger partial charge in [-0.15, -0.1) is 0 Å². The second-order valence-electron chi connectivity index (χ2n) is 5.26. The first-order valence-electron chi connectivity index (χ1n) is 6.18. The highest BCUT2D eigenvalue weighted by Crippen LogP contribution is 2.50. The van der Waals surface area contributed by atoms with Crippen LogP contribution in [0.3, 0.4) is 0 Å². The van der Waals surface area contributed by atoms with Gasteiger partial charge in [-0.05, 0) is 51.3 Å². The fourth-order valence-corrected chi connectivity index (χ4v) is 2.30. The molecule has 1 aliphatic rings. The molecule has 0 aliphatic heterocycles. The predicted octanol–water partition coefficient (Wildman–Crippen LogP) is 2.99. The lowest BCUT2D eigenvalue weighted by Gasteiger charge is -2.21. The average Bonchev–Trinajstić information content (AvgIpc) is 3.01. The first-order valence-corrected chi connectivity index (χ1v) is 6.18. The molecule has 1 aromatic carbocycles. The van der Waals surface area contributed by atoms with E-state index >= 15 is 0 Å². The second-order valence-corrected chi connectivity index (χ2v) is 5.26. The number of hydrogen-bond acceptors (Lipinski definition) is 2. The van der Waals surface area contributed by atoms with Crippen molar-refractivity contribution in [1.82, 2.24) is 0 Å². The van der Waals surface area contributed by atoms with Crippen molar-refractivity contribution in [2.75, 3.05) is 0 Å². The highest BCUT2D eigenvalue weighted by atomic mass is 19.1. The monoisotopic (exact) mass is 237 g/mol. The smallest absolute Gasteiger partial charge is 0.165 e. The zero-order chi connectivity index (χ0) is 12.6. The van der Waals surface area contributed by atoms with Crippen LogP contribution in [0.2, 0.25) is 0 Å². The lowest BCUT2D eigenvalue weighted by molar-refractivity contribution is 0.231. The third-order valence-electron chi connectivity index (χ3n) is 3.53. The van der Waals surface area contributed by atoms with E-state index in [0.717, 1.165) is 18.4 Å². The first-order chi connectivity index (χ1) is 7.95. The molecule has 0 bridgehead atoms. The zero-order valence-electron chi connectivity index (χ0n) is 10.7. The summed E-state index contributed by atoms with van der Waals surface area (Å²) >= 11 is 0. The molecule has 0 saturated heterocycles. The second kappa shape index (κ2) is 4.30. The normalized spacial score (nSPS) is 19.2. The fourth-order valence-electron chi connectivity index (χ4n) is 2.30. The van der Waals surface area contributed by atoms with Gasteiger partial charge >= 0.3 is 0 Å². The van der Waals surface area contributed by atoms with Crippen LogP contribution < -0.4 is 10.5 Å². The summed E-state index contributed by atoms with van der Waals surface area (Å²) in [5.41, 5.74) is 6.98. The van der Waals surface area contributed by atoms with Crippen LogP contribution >= 0.6 is 0 Å². The van der Waals surface area contributed by atoms with Crippen molar-refractivity contribution < 1.29 is 9.13 Å². The van der Waals surface area contributed by atoms with E-state index in [1.165, 1.54) is 0 Å². The Morgan fingerprint density at radius 2 is 1.94 bits per heavy atom. The van der Waals surface area contributed by atoms with Gasteiger partial charge in [0.1, 0.15) is 0 Å². The molecular weight excluding hydrogens is 217 g/mol. The Morgan fingerprint density at radius 3 is 2.35 bits per heavy atom. The van der Waals surface area contributed by atoms with Crippen molar-refractivity contribution in [2.45, 2.75) is 51.2 Å². The van der Waals surface area contributed by atoms with Crippen molar-refractivity contribution >= 4 is 0 Å². The molecular formula is C14H20FNO. The maximum atomic E-state index is 13.9. The number of rotatable bonds is 4. The SMILES string of the molecule is CC(C)Oc1ccc(C2(C(C)N)CC2)cc1F. The molecule has 2 N–H and O–H groups in total. The standard InChI is InChI=1S/C14H20FNO/c1-9(2)17-13-5-4-11(8-12(13)15)14(6-7-14)10(3)16/h4-5,8-10H,6-7,16H2,1-3H3. The van der Waals surface area contributed by atoms with Crippen LogP contribution in [0.15, 0.2) is 18.2 Å². The molecule has 3 heteroatoms. The maximum absolute atomic E-state index is 13.9. The van der Waals surface area contributed by atoms with Gasteiger partial charge in [0.2, 0.25) is 0 Å². The highest BCUT2D eigenvalue weighted by molar-refractivity contribution is 5.38. The predicted molar refractivity (Wildman–Crippen MR) is 66.7 cm³/mol. The average molecular weight is 237 g/mol. The van der Waals surface area contributed by atoms with E-state index in [0.29, 0.717) is 5.75 Å². The summed E-state index contributed by atoms with van der Waals surface area (Å²) in [6.45, 7) is 5.76. The van der Waals surface area contributed by atoms with Crippen molar-refractivity contribution in [3.05, 3.63) is 29.6 Å². The molecule has 1 aromatic rings. The Balaban J connectivity index is 2.25. The number of hydrogen-bond donors (Lipinski definition) is 1. The third-order valence-corrected chi connectivity index (χ3v) is 3.53. The largest absolute Gasteiger partial charge is 0.488 e. The van der Waals surface area contributed by atoms with Gasteiger partial charge in [0.05, 0.1) is 6.10 Å². The summed E-state index contributed by atoms with van der Waals surface area (Å²) in [4.78, 5) is 0. The van der Waals surface area contributed by atoms with E-state index in [4.69, 9.17) is 10.5 Å². The van der Waals surface area contributed by atoms with Crippen LogP contribution in [0.4, 0.5) is 4.39 Å². The summed E-state index contributed by atoms with van der Waals surface area (Å²) in [6, 6.07) is 5.30. The minimum Gasteiger partial charge on any atom is -0.488 e. The summed E-state index contributed by atoms with van der Waals surface area (Å²) in [7, 11) is 0. The van der Waals surface area contributed by atoms with Crippen LogP contribution in [0, 0.1) is 5.82 Å². The number of nitrogens with two attached hydrogens (primary N) is 1. The molecule has 0 heterocycles. The van der Waals surface area contributed by atoms with Gasteiger partial charge < -0.3 is 10.5 Å². The van der Waals surface area contributed by atoms with Crippen molar-refractivity contribution in [3.63, 3.8) is 0 Å². The molecule has 1 saturated carbocycles. The fraction of sp³-hybridized carbons (Fsp3) is 0.571. The van der Waals surface area contributed by atoms with E-state index < -0.39 is 0 Å². The minimum absolute atomic E-state index is 0.00278. The lowest BCUT2D eigenvalue weighted by atomic mass is 9.89. The van der Waals surface area contributed by atoms with Gasteiger partial charge in [-0.2, -0.15) is 0 Å². The van der Waals surface area contributed by atoms with E-state index in [1.807, 2.05) is 26.8 Å². The Hall–Kier alpha value is -1.09. The van der Waals surface area contributed by atoms with Crippen LogP contribution in [0.5, 0.6) is 5.75 Å². The molecule has 0 spiro atoms. The van der Waals surface area contributed by atoms with E-state index in [2.05, 4.69) is 0 Å². The number of benzene rings is 1. The van der Waals surface area contributed by atoms with Gasteiger partial charge in [0, 0.05) is 11.5 Å². The Labute approximate surface area is 102 Å². The molecule has 17 heavy (non-hydrogen) atoms. The molecule has 94 valence electrons. The van der Waals surface area contributed by atoms with Gasteiger partial charge in [-0.3, -0.25) is 0 Å². The Bertz CT molecular complexity index is 411. The quantitative estimate of drug-likeness (QED) is 0.873. The summed E-state index contributed by atoms with van der Waals surface area (Å²) < 4.78 is 19.3. The molecule has 2 rings (SSSR count). The molecule has 0 amide bonds. The van der Waals surface area contributed by atoms with E-state index in [9.17, 15) is 4.39 Å². The van der Waals surface area contributed by atoms with Crippen LogP contribution in [-0.2, 0) is 5.41 Å². The summed E-state index contributed by atoms with van der Waals surface area (Å²) in [6.07, 6.45) is 2.09. The molecule has 1 fully saturated rings. The summed E-state index contributed by atoms with van der Waals surface area (Å²) in [5.74, 6) is 0.0346. The highest BCUT2D eigenvalue weighted by Gasteiger charge is 2.47. The molecule has 2 nitrogen and oxygen atoms in total. The molecule has 0 aromatic heterocycles. The molecule has 0 radical (unpaired) electrons. The molecule has 1 unspecified atom stereocenters. The van der Waals surface area contributed by atoms with Crippen molar-refractivity contribution in [1.29, 1.82) is 0 Å². The molecule has 1 aliphatic carbocycles. The van der Waals surface area contributed by atoms with Crippen molar-refractivity contribution in [3.8, 4) is 5.75 Å². The van der Waals surface area contributed by atoms with Crippen molar-refractivity contribution in [2.24, 2.45) is 5.73 Å². The Kier molecular flexibility index (Phi) is 3.13. The minimum atomic E-state index is -0.289. The van der Waals surface area contributed by atoms with E-state index in [1.54, 1.807) is 12.1 Å². The first kappa shape index (κ1) is 12.4. The maximum Gasteiger partial charge on any atom is 0.165 e. The zero-order valence-corrected chi connectivity index (χ0v) is 10.7. The van der Waals surface area contributed by atoms with Gasteiger partial charge in [-0.25, -0.2) is 4.39 Å². The Morgan fingerprint density at radius 1 is 1.29 bits per heavy atom. The summed E-state index contributed by atoms with van der Waals surface area (Å²) in [5, 5.41) is 0. The van der Waals surface area contributed by atoms with Crippen LogP contribution in [0.1, 0.15) is 39.2 Å². The van der Waals surface area contributed by atoms with E-state index in [-0.39, 0.29) is 23.4 Å². The topological polar surface area (TPSA) is 35.2 Å². The molecule has 1 atom stereocenters. The number of ether oxygens (including phenoxy) is 1. The van der Waals surface area contributed by atoms with Gasteiger partial charge in [0.15, 0.2) is 11.6 Å². The van der Waals surface area contributed by atoms with Gasteiger partial charge in [0.25, 0.3) is 0 Å². The van der Waals surface area contributed by atoms with Crippen LogP contribution in [-0.4, -0.2) is 12.1 Å². The third kappa shape index (κ3) is 2.29. The van der Waals surface area contributed by atoms with Gasteiger partial charge in [-0.1, -0.05) is 6.07 Å². The lowest BCUT2D eigenvalue weighted by Crippen LogP contribution is -2.31.